The number of methoxy groups -OCH3 is 1. The molecule has 1 atom stereocenters. The maximum Gasteiger partial charge on any atom is 0.411 e. The molecular weight excluding hydrogens is 332 g/mol. The van der Waals surface area contributed by atoms with Crippen LogP contribution in [0.3, 0.4) is 0 Å². The standard InChI is InChI=1S/C13H27ClN2O5S/c1-13(2,5-6-15)11(9-22(4,18)19)21-12(17)16(10-14)7-8-20-3/h11H,5-10,15H2,1-4H3. The second-order valence-electron chi connectivity index (χ2n) is 5.87. The molecule has 2 N–H and O–H groups in total. The van der Waals surface area contributed by atoms with Crippen LogP contribution in [0.25, 0.3) is 0 Å². The maximum absolute atomic E-state index is 12.2. The van der Waals surface area contributed by atoms with Gasteiger partial charge in [0.2, 0.25) is 0 Å². The van der Waals surface area contributed by atoms with Gasteiger partial charge in [0, 0.05) is 25.3 Å². The molecule has 0 aliphatic heterocycles. The van der Waals surface area contributed by atoms with E-state index in [9.17, 15) is 13.2 Å². The van der Waals surface area contributed by atoms with Crippen molar-refractivity contribution in [1.29, 1.82) is 0 Å². The Balaban J connectivity index is 5.07. The average Bonchev–Trinajstić information content (AvgIpc) is 2.37. The fourth-order valence-corrected chi connectivity index (χ4v) is 3.11. The van der Waals surface area contributed by atoms with Gasteiger partial charge in [0.1, 0.15) is 6.10 Å². The molecule has 0 aromatic carbocycles. The topological polar surface area (TPSA) is 98.9 Å². The molecule has 0 aliphatic carbocycles. The van der Waals surface area contributed by atoms with E-state index in [4.69, 9.17) is 26.8 Å². The van der Waals surface area contributed by atoms with Crippen molar-refractivity contribution in [3.63, 3.8) is 0 Å². The third-order valence-corrected chi connectivity index (χ3v) is 4.52. The number of alkyl halides is 1. The van der Waals surface area contributed by atoms with Crippen molar-refractivity contribution in [2.45, 2.75) is 26.4 Å². The first kappa shape index (κ1) is 21.4. The Kier molecular flexibility index (Phi) is 9.30. The molecule has 0 spiro atoms. The molecule has 0 fully saturated rings. The van der Waals surface area contributed by atoms with E-state index in [1.165, 1.54) is 12.0 Å². The molecule has 0 saturated heterocycles. The average molecular weight is 359 g/mol. The number of hydrogen-bond donors (Lipinski definition) is 1. The van der Waals surface area contributed by atoms with Gasteiger partial charge in [-0.25, -0.2) is 13.2 Å². The molecule has 0 rings (SSSR count). The Morgan fingerprint density at radius 2 is 2.00 bits per heavy atom. The maximum atomic E-state index is 12.2. The first-order valence-corrected chi connectivity index (χ1v) is 9.55. The Labute approximate surface area is 138 Å². The van der Waals surface area contributed by atoms with Gasteiger partial charge in [0.05, 0.1) is 18.4 Å². The SMILES string of the molecule is COCCN(CCl)C(=O)OC(CS(C)(=O)=O)C(C)(C)CCN. The summed E-state index contributed by atoms with van der Waals surface area (Å²) in [6.07, 6.45) is 0.174. The zero-order valence-corrected chi connectivity index (χ0v) is 15.2. The summed E-state index contributed by atoms with van der Waals surface area (Å²) in [6, 6.07) is -0.0644. The number of carbonyl (C=O) groups excluding carboxylic acids is 1. The van der Waals surface area contributed by atoms with Gasteiger partial charge in [-0.1, -0.05) is 13.8 Å². The van der Waals surface area contributed by atoms with Crippen LogP contribution < -0.4 is 5.73 Å². The van der Waals surface area contributed by atoms with E-state index in [1.54, 1.807) is 0 Å². The molecule has 9 heteroatoms. The highest BCUT2D eigenvalue weighted by Crippen LogP contribution is 2.28. The van der Waals surface area contributed by atoms with Crippen LogP contribution in [0.2, 0.25) is 0 Å². The van der Waals surface area contributed by atoms with Gasteiger partial charge in [0.25, 0.3) is 0 Å². The van der Waals surface area contributed by atoms with Gasteiger partial charge in [0.15, 0.2) is 9.84 Å². The minimum atomic E-state index is -3.31. The number of amides is 1. The summed E-state index contributed by atoms with van der Waals surface area (Å²) in [4.78, 5) is 13.4. The van der Waals surface area contributed by atoms with Crippen molar-refractivity contribution in [3.8, 4) is 0 Å². The Morgan fingerprint density at radius 1 is 1.41 bits per heavy atom. The molecule has 22 heavy (non-hydrogen) atoms. The van der Waals surface area contributed by atoms with Crippen molar-refractivity contribution >= 4 is 27.5 Å². The zero-order chi connectivity index (χ0) is 17.4. The van der Waals surface area contributed by atoms with Gasteiger partial charge in [-0.05, 0) is 13.0 Å². The molecular formula is C13H27ClN2O5S. The highest BCUT2D eigenvalue weighted by molar-refractivity contribution is 7.90. The number of sulfone groups is 1. The van der Waals surface area contributed by atoms with Crippen LogP contribution in [0.5, 0.6) is 0 Å². The summed E-state index contributed by atoms with van der Waals surface area (Å²) in [6.45, 7) is 4.59. The fraction of sp³-hybridized carbons (Fsp3) is 0.923. The van der Waals surface area contributed by atoms with Gasteiger partial charge in [-0.3, -0.25) is 4.90 Å². The lowest BCUT2D eigenvalue weighted by Gasteiger charge is -2.34. The van der Waals surface area contributed by atoms with E-state index >= 15 is 0 Å². The first-order valence-electron chi connectivity index (χ1n) is 6.95. The lowest BCUT2D eigenvalue weighted by atomic mass is 9.84. The van der Waals surface area contributed by atoms with Crippen LogP contribution in [0.4, 0.5) is 4.79 Å². The molecule has 1 unspecified atom stereocenters. The van der Waals surface area contributed by atoms with Gasteiger partial charge < -0.3 is 15.2 Å². The summed E-state index contributed by atoms with van der Waals surface area (Å²) >= 11 is 5.72. The van der Waals surface area contributed by atoms with E-state index in [-0.39, 0.29) is 18.3 Å². The molecule has 7 nitrogen and oxygen atoms in total. The minimum Gasteiger partial charge on any atom is -0.444 e. The largest absolute Gasteiger partial charge is 0.444 e. The summed E-state index contributed by atoms with van der Waals surface area (Å²) < 4.78 is 33.5. The molecule has 0 heterocycles. The van der Waals surface area contributed by atoms with Crippen LogP contribution in [0, 0.1) is 5.41 Å². The van der Waals surface area contributed by atoms with Crippen LogP contribution in [0.15, 0.2) is 0 Å². The van der Waals surface area contributed by atoms with Crippen LogP contribution in [-0.4, -0.2) is 70.3 Å². The Morgan fingerprint density at radius 3 is 2.41 bits per heavy atom. The zero-order valence-electron chi connectivity index (χ0n) is 13.7. The third-order valence-electron chi connectivity index (χ3n) is 3.33. The number of ether oxygens (including phenoxy) is 2. The lowest BCUT2D eigenvalue weighted by molar-refractivity contribution is 0.0120. The van der Waals surface area contributed by atoms with Crippen molar-refractivity contribution in [3.05, 3.63) is 0 Å². The number of halogens is 1. The normalized spacial score (nSPS) is 13.7. The second-order valence-corrected chi connectivity index (χ2v) is 8.29. The summed E-state index contributed by atoms with van der Waals surface area (Å²) in [7, 11) is -1.81. The van der Waals surface area contributed by atoms with Crippen molar-refractivity contribution < 1.29 is 22.7 Å². The number of rotatable bonds is 10. The molecule has 0 bridgehead atoms. The number of carbonyl (C=O) groups is 1. The van der Waals surface area contributed by atoms with Crippen molar-refractivity contribution in [1.82, 2.24) is 4.90 Å². The highest BCUT2D eigenvalue weighted by Gasteiger charge is 2.35. The minimum absolute atomic E-state index is 0.0644. The molecule has 0 radical (unpaired) electrons. The smallest absolute Gasteiger partial charge is 0.411 e. The van der Waals surface area contributed by atoms with Crippen LogP contribution in [-0.2, 0) is 19.3 Å². The third kappa shape index (κ3) is 8.17. The predicted molar refractivity (Wildman–Crippen MR) is 86.7 cm³/mol. The summed E-state index contributed by atoms with van der Waals surface area (Å²) in [5.74, 6) is -0.258. The Bertz CT molecular complexity index is 442. The fourth-order valence-electron chi connectivity index (χ4n) is 1.82. The van der Waals surface area contributed by atoms with E-state index in [1.807, 2.05) is 13.8 Å². The van der Waals surface area contributed by atoms with Crippen LogP contribution in [0.1, 0.15) is 20.3 Å². The number of nitrogens with zero attached hydrogens (tertiary/aromatic N) is 1. The van der Waals surface area contributed by atoms with Crippen LogP contribution >= 0.6 is 11.6 Å². The molecule has 0 aromatic rings. The summed E-state index contributed by atoms with van der Waals surface area (Å²) in [5.41, 5.74) is 5.00. The van der Waals surface area contributed by atoms with E-state index in [0.717, 1.165) is 6.26 Å². The molecule has 0 aromatic heterocycles. The quantitative estimate of drug-likeness (QED) is 0.463. The van der Waals surface area contributed by atoms with Crippen molar-refractivity contribution in [2.24, 2.45) is 11.1 Å². The van der Waals surface area contributed by atoms with Gasteiger partial charge in [-0.15, -0.1) is 11.6 Å². The van der Waals surface area contributed by atoms with Crippen molar-refractivity contribution in [2.75, 3.05) is 44.8 Å². The number of hydrogen-bond acceptors (Lipinski definition) is 6. The molecule has 0 aliphatic rings. The Hall–Kier alpha value is -0.570. The molecule has 1 amide bonds. The predicted octanol–water partition coefficient (Wildman–Crippen LogP) is 1.06. The van der Waals surface area contributed by atoms with Gasteiger partial charge in [-0.2, -0.15) is 0 Å². The van der Waals surface area contributed by atoms with E-state index < -0.39 is 27.4 Å². The molecule has 132 valence electrons. The first-order chi connectivity index (χ1) is 10.1. The van der Waals surface area contributed by atoms with E-state index in [0.29, 0.717) is 19.6 Å². The lowest BCUT2D eigenvalue weighted by Crippen LogP contribution is -2.44. The summed E-state index contributed by atoms with van der Waals surface area (Å²) in [5, 5.41) is 0. The second kappa shape index (κ2) is 9.54. The highest BCUT2D eigenvalue weighted by atomic mass is 35.5. The molecule has 0 saturated carbocycles. The monoisotopic (exact) mass is 358 g/mol. The van der Waals surface area contributed by atoms with E-state index in [2.05, 4.69) is 0 Å². The number of nitrogens with two attached hydrogens (primary N) is 1. The van der Waals surface area contributed by atoms with Gasteiger partial charge >= 0.3 is 6.09 Å².